The molecular weight excluding hydrogens is 410 g/mol. The number of nitrogens with one attached hydrogen (secondary N) is 1. The molecule has 0 bridgehead atoms. The number of morpholine rings is 1. The first-order valence-electron chi connectivity index (χ1n) is 10.4. The van der Waals surface area contributed by atoms with E-state index in [-0.39, 0.29) is 18.4 Å². The Morgan fingerprint density at radius 3 is 2.52 bits per heavy atom. The summed E-state index contributed by atoms with van der Waals surface area (Å²) in [5, 5.41) is 4.04. The van der Waals surface area contributed by atoms with Crippen LogP contribution in [0.25, 0.3) is 10.9 Å². The first-order valence-corrected chi connectivity index (χ1v) is 11.4. The molecule has 0 saturated carbocycles. The third kappa shape index (κ3) is 5.29. The summed E-state index contributed by atoms with van der Waals surface area (Å²) in [5.74, 6) is 0.350. The molecule has 1 aromatic heterocycles. The number of nitrogens with zero attached hydrogens (tertiary/aromatic N) is 2. The first-order chi connectivity index (χ1) is 15.0. The average molecular weight is 438 g/mol. The lowest BCUT2D eigenvalue weighted by Crippen LogP contribution is -2.42. The van der Waals surface area contributed by atoms with E-state index in [2.05, 4.69) is 11.4 Å². The quantitative estimate of drug-likeness (QED) is 0.595. The summed E-state index contributed by atoms with van der Waals surface area (Å²) in [7, 11) is 0. The van der Waals surface area contributed by atoms with E-state index >= 15 is 0 Å². The van der Waals surface area contributed by atoms with Crippen LogP contribution in [-0.2, 0) is 20.9 Å². The van der Waals surface area contributed by atoms with Crippen LogP contribution in [0.4, 0.5) is 5.69 Å². The van der Waals surface area contributed by atoms with Gasteiger partial charge in [-0.05, 0) is 43.2 Å². The molecule has 0 radical (unpaired) electrons. The van der Waals surface area contributed by atoms with E-state index in [9.17, 15) is 9.59 Å². The standard InChI is InChI=1S/C24H27N3O3S/c1-17-11-18(2)13-19(12-17)25-23(28)16-31-22-14-27(21-6-4-3-5-20(21)22)15-24(29)26-7-9-30-10-8-26/h3-6,11-14H,7-10,15-16H2,1-2H3,(H,25,28). The predicted molar refractivity (Wildman–Crippen MR) is 125 cm³/mol. The van der Waals surface area contributed by atoms with Crippen LogP contribution < -0.4 is 5.32 Å². The van der Waals surface area contributed by atoms with Gasteiger partial charge in [-0.1, -0.05) is 24.3 Å². The maximum atomic E-state index is 12.7. The number of carbonyl (C=O) groups is 2. The van der Waals surface area contributed by atoms with E-state index in [4.69, 9.17) is 4.74 Å². The zero-order valence-corrected chi connectivity index (χ0v) is 18.7. The molecule has 1 saturated heterocycles. The summed E-state index contributed by atoms with van der Waals surface area (Å²) in [5.41, 5.74) is 4.06. The Labute approximate surface area is 186 Å². The maximum absolute atomic E-state index is 12.7. The van der Waals surface area contributed by atoms with E-state index in [0.29, 0.717) is 32.1 Å². The summed E-state index contributed by atoms with van der Waals surface area (Å²) in [4.78, 5) is 28.1. The highest BCUT2D eigenvalue weighted by atomic mass is 32.2. The van der Waals surface area contributed by atoms with Crippen molar-refractivity contribution in [3.63, 3.8) is 0 Å². The lowest BCUT2D eigenvalue weighted by atomic mass is 10.1. The molecule has 1 fully saturated rings. The Bertz CT molecular complexity index is 1080. The van der Waals surface area contributed by atoms with Crippen molar-refractivity contribution >= 4 is 40.2 Å². The van der Waals surface area contributed by atoms with E-state index < -0.39 is 0 Å². The molecule has 3 aromatic rings. The number of rotatable bonds is 6. The highest BCUT2D eigenvalue weighted by molar-refractivity contribution is 8.00. The molecular formula is C24H27N3O3S. The molecule has 6 nitrogen and oxygen atoms in total. The highest BCUT2D eigenvalue weighted by Crippen LogP contribution is 2.30. The van der Waals surface area contributed by atoms with Gasteiger partial charge in [-0.15, -0.1) is 11.8 Å². The molecule has 0 unspecified atom stereocenters. The molecule has 2 aromatic carbocycles. The Morgan fingerprint density at radius 2 is 1.77 bits per heavy atom. The number of benzene rings is 2. The summed E-state index contributed by atoms with van der Waals surface area (Å²) in [6, 6.07) is 14.0. The number of ether oxygens (including phenoxy) is 1. The minimum Gasteiger partial charge on any atom is -0.378 e. The van der Waals surface area contributed by atoms with Crippen molar-refractivity contribution in [1.82, 2.24) is 9.47 Å². The van der Waals surface area contributed by atoms with E-state index in [1.54, 1.807) is 0 Å². The number of thioether (sulfide) groups is 1. The van der Waals surface area contributed by atoms with Gasteiger partial charge in [-0.2, -0.15) is 0 Å². The number of aromatic nitrogens is 1. The van der Waals surface area contributed by atoms with E-state index in [1.807, 2.05) is 65.9 Å². The van der Waals surface area contributed by atoms with Crippen LogP contribution in [0.1, 0.15) is 11.1 Å². The summed E-state index contributed by atoms with van der Waals surface area (Å²) >= 11 is 1.49. The number of carbonyl (C=O) groups excluding carboxylic acids is 2. The van der Waals surface area contributed by atoms with Gasteiger partial charge in [-0.3, -0.25) is 9.59 Å². The topological polar surface area (TPSA) is 63.6 Å². The molecule has 31 heavy (non-hydrogen) atoms. The summed E-state index contributed by atoms with van der Waals surface area (Å²) in [6.45, 7) is 6.78. The van der Waals surface area contributed by atoms with Crippen LogP contribution in [0.15, 0.2) is 53.6 Å². The number of para-hydroxylation sites is 1. The number of aryl methyl sites for hydroxylation is 2. The maximum Gasteiger partial charge on any atom is 0.242 e. The zero-order valence-electron chi connectivity index (χ0n) is 17.9. The number of hydrogen-bond donors (Lipinski definition) is 1. The fourth-order valence-electron chi connectivity index (χ4n) is 3.90. The molecule has 0 atom stereocenters. The fourth-order valence-corrected chi connectivity index (χ4v) is 4.79. The van der Waals surface area contributed by atoms with Crippen molar-refractivity contribution < 1.29 is 14.3 Å². The molecule has 2 heterocycles. The van der Waals surface area contributed by atoms with Crippen molar-refractivity contribution in [2.75, 3.05) is 37.4 Å². The smallest absolute Gasteiger partial charge is 0.242 e. The van der Waals surface area contributed by atoms with E-state index in [1.165, 1.54) is 11.8 Å². The fraction of sp³-hybridized carbons (Fsp3) is 0.333. The Balaban J connectivity index is 1.45. The van der Waals surface area contributed by atoms with Gasteiger partial charge in [0.25, 0.3) is 0 Å². The van der Waals surface area contributed by atoms with Crippen molar-refractivity contribution in [2.45, 2.75) is 25.3 Å². The normalized spacial score (nSPS) is 14.1. The number of hydrogen-bond acceptors (Lipinski definition) is 4. The third-order valence-electron chi connectivity index (χ3n) is 5.29. The Hall–Kier alpha value is -2.77. The molecule has 0 spiro atoms. The van der Waals surface area contributed by atoms with Crippen LogP contribution in [0.2, 0.25) is 0 Å². The van der Waals surface area contributed by atoms with Gasteiger partial charge in [0.05, 0.1) is 19.0 Å². The lowest BCUT2D eigenvalue weighted by molar-refractivity contribution is -0.135. The molecule has 7 heteroatoms. The molecule has 4 rings (SSSR count). The monoisotopic (exact) mass is 437 g/mol. The van der Waals surface area contributed by atoms with Gasteiger partial charge >= 0.3 is 0 Å². The first kappa shape index (κ1) is 21.5. The summed E-state index contributed by atoms with van der Waals surface area (Å²) < 4.78 is 7.33. The van der Waals surface area contributed by atoms with Crippen molar-refractivity contribution in [3.8, 4) is 0 Å². The second-order valence-electron chi connectivity index (χ2n) is 7.84. The molecule has 162 valence electrons. The SMILES string of the molecule is Cc1cc(C)cc(NC(=O)CSc2cn(CC(=O)N3CCOCC3)c3ccccc23)c1. The van der Waals surface area contributed by atoms with Gasteiger partial charge in [0.2, 0.25) is 11.8 Å². The minimum atomic E-state index is -0.0452. The number of amides is 2. The largest absolute Gasteiger partial charge is 0.378 e. The predicted octanol–water partition coefficient (Wildman–Crippen LogP) is 3.85. The van der Waals surface area contributed by atoms with Gasteiger partial charge in [0, 0.05) is 40.8 Å². The lowest BCUT2D eigenvalue weighted by Gasteiger charge is -2.27. The zero-order chi connectivity index (χ0) is 21.8. The molecule has 0 aliphatic carbocycles. The van der Waals surface area contributed by atoms with Gasteiger partial charge in [0.1, 0.15) is 6.54 Å². The van der Waals surface area contributed by atoms with Crippen LogP contribution in [0, 0.1) is 13.8 Å². The third-order valence-corrected chi connectivity index (χ3v) is 6.33. The van der Waals surface area contributed by atoms with Crippen LogP contribution in [0.5, 0.6) is 0 Å². The molecule has 1 aliphatic heterocycles. The van der Waals surface area contributed by atoms with Crippen molar-refractivity contribution in [1.29, 1.82) is 0 Å². The minimum absolute atomic E-state index is 0.0452. The van der Waals surface area contributed by atoms with Crippen LogP contribution in [-0.4, -0.2) is 53.3 Å². The van der Waals surface area contributed by atoms with Crippen LogP contribution in [0.3, 0.4) is 0 Å². The highest BCUT2D eigenvalue weighted by Gasteiger charge is 2.19. The van der Waals surface area contributed by atoms with E-state index in [0.717, 1.165) is 32.6 Å². The average Bonchev–Trinajstić information content (AvgIpc) is 3.10. The second-order valence-corrected chi connectivity index (χ2v) is 8.86. The van der Waals surface area contributed by atoms with Gasteiger partial charge in [0.15, 0.2) is 0 Å². The molecule has 2 amide bonds. The van der Waals surface area contributed by atoms with Crippen LogP contribution >= 0.6 is 11.8 Å². The number of anilines is 1. The second kappa shape index (κ2) is 9.58. The number of fused-ring (bicyclic) bond motifs is 1. The van der Waals surface area contributed by atoms with Crippen molar-refractivity contribution in [3.05, 3.63) is 59.8 Å². The van der Waals surface area contributed by atoms with Gasteiger partial charge < -0.3 is 19.5 Å². The van der Waals surface area contributed by atoms with Gasteiger partial charge in [-0.25, -0.2) is 0 Å². The molecule has 1 N–H and O–H groups in total. The molecule has 1 aliphatic rings. The Kier molecular flexibility index (Phi) is 6.63. The van der Waals surface area contributed by atoms with Crippen molar-refractivity contribution in [2.24, 2.45) is 0 Å². The summed E-state index contributed by atoms with van der Waals surface area (Å²) in [6.07, 6.45) is 1.98. The Morgan fingerprint density at radius 1 is 1.06 bits per heavy atom.